The average Bonchev–Trinajstić information content (AvgIpc) is 3.10. The maximum Gasteiger partial charge on any atom is 0.257 e. The summed E-state index contributed by atoms with van der Waals surface area (Å²) < 4.78 is 1.62. The number of rotatable bonds is 4. The molecule has 8 nitrogen and oxygen atoms in total. The maximum absolute atomic E-state index is 12.6. The smallest absolute Gasteiger partial charge is 0.257 e. The molecule has 1 aliphatic rings. The fraction of sp³-hybridized carbons (Fsp3) is 0.500. The summed E-state index contributed by atoms with van der Waals surface area (Å²) in [4.78, 5) is 24.5. The summed E-state index contributed by atoms with van der Waals surface area (Å²) in [6.07, 6.45) is 5.63. The van der Waals surface area contributed by atoms with E-state index in [0.29, 0.717) is 36.7 Å². The molecule has 1 amide bonds. The second kappa shape index (κ2) is 6.20. The van der Waals surface area contributed by atoms with Gasteiger partial charge in [-0.25, -0.2) is 9.97 Å². The van der Waals surface area contributed by atoms with Gasteiger partial charge in [-0.15, -0.1) is 0 Å². The third-order valence-corrected chi connectivity index (χ3v) is 4.29. The highest BCUT2D eigenvalue weighted by atomic mass is 16.3. The topological polar surface area (TPSA) is 87.4 Å². The van der Waals surface area contributed by atoms with Crippen molar-refractivity contribution < 1.29 is 9.90 Å². The molecule has 1 atom stereocenters. The van der Waals surface area contributed by atoms with Crippen LogP contribution in [-0.4, -0.2) is 67.9 Å². The zero-order valence-electron chi connectivity index (χ0n) is 14.2. The molecule has 1 fully saturated rings. The number of aromatic nitrogens is 4. The van der Waals surface area contributed by atoms with Crippen molar-refractivity contribution in [2.24, 2.45) is 7.05 Å². The van der Waals surface area contributed by atoms with Crippen LogP contribution in [0, 0.1) is 6.92 Å². The van der Waals surface area contributed by atoms with Crippen LogP contribution in [0.15, 0.2) is 24.7 Å². The van der Waals surface area contributed by atoms with Crippen molar-refractivity contribution in [3.8, 4) is 0 Å². The molecule has 1 saturated heterocycles. The van der Waals surface area contributed by atoms with E-state index in [1.807, 2.05) is 4.90 Å². The Labute approximate surface area is 140 Å². The molecule has 8 heteroatoms. The number of β-amino-alcohol motifs (C(OH)–C–C–N with tert-alkyl or cyclic N) is 1. The van der Waals surface area contributed by atoms with Crippen LogP contribution < -0.4 is 4.90 Å². The van der Waals surface area contributed by atoms with Crippen LogP contribution in [0.1, 0.15) is 22.5 Å². The molecular weight excluding hydrogens is 308 g/mol. The highest BCUT2D eigenvalue weighted by Crippen LogP contribution is 2.25. The Morgan fingerprint density at radius 3 is 2.75 bits per heavy atom. The van der Waals surface area contributed by atoms with Gasteiger partial charge in [-0.1, -0.05) is 0 Å². The minimum Gasteiger partial charge on any atom is -0.386 e. The Hall–Kier alpha value is -2.48. The number of likely N-dealkylation sites (N-methyl/N-ethyl adjacent to an activating group) is 1. The van der Waals surface area contributed by atoms with Crippen LogP contribution >= 0.6 is 0 Å². The summed E-state index contributed by atoms with van der Waals surface area (Å²) in [5.41, 5.74) is 0.275. The maximum atomic E-state index is 12.6. The van der Waals surface area contributed by atoms with Crippen molar-refractivity contribution in [1.29, 1.82) is 0 Å². The molecule has 0 unspecified atom stereocenters. The van der Waals surface area contributed by atoms with Gasteiger partial charge in [0, 0.05) is 39.2 Å². The highest BCUT2D eigenvalue weighted by Gasteiger charge is 2.39. The van der Waals surface area contributed by atoms with E-state index in [1.165, 1.54) is 0 Å². The van der Waals surface area contributed by atoms with Gasteiger partial charge in [0.1, 0.15) is 5.60 Å². The Bertz CT molecular complexity index is 731. The zero-order valence-corrected chi connectivity index (χ0v) is 14.2. The molecule has 0 spiro atoms. The van der Waals surface area contributed by atoms with E-state index in [9.17, 15) is 9.90 Å². The van der Waals surface area contributed by atoms with E-state index in [-0.39, 0.29) is 12.5 Å². The summed E-state index contributed by atoms with van der Waals surface area (Å²) in [6, 6.07) is 1.76. The lowest BCUT2D eigenvalue weighted by atomic mass is 10.0. The summed E-state index contributed by atoms with van der Waals surface area (Å²) in [7, 11) is 3.49. The first-order valence-electron chi connectivity index (χ1n) is 7.88. The second-order valence-corrected chi connectivity index (χ2v) is 6.41. The molecule has 24 heavy (non-hydrogen) atoms. The molecule has 1 N–H and O–H groups in total. The van der Waals surface area contributed by atoms with Gasteiger partial charge in [-0.2, -0.15) is 5.10 Å². The molecule has 1 aliphatic heterocycles. The minimum atomic E-state index is -0.972. The van der Waals surface area contributed by atoms with Crippen molar-refractivity contribution in [2.45, 2.75) is 18.9 Å². The standard InChI is InChI=1S/C16H22N6O2/c1-12-13(9-21(3)19-12)14(23)20(2)10-16(24)5-8-22(11-16)15-17-6-4-7-18-15/h4,6-7,9,24H,5,8,10-11H2,1-3H3/t16-/m1/s1. The van der Waals surface area contributed by atoms with E-state index in [4.69, 9.17) is 0 Å². The normalized spacial score (nSPS) is 20.4. The predicted octanol–water partition coefficient (Wildman–Crippen LogP) is 0.232. The molecule has 0 bridgehead atoms. The Morgan fingerprint density at radius 2 is 2.12 bits per heavy atom. The quantitative estimate of drug-likeness (QED) is 0.864. The molecule has 128 valence electrons. The molecule has 2 aromatic heterocycles. The van der Waals surface area contributed by atoms with Crippen LogP contribution in [0.25, 0.3) is 0 Å². The van der Waals surface area contributed by atoms with Gasteiger partial charge in [0.2, 0.25) is 5.95 Å². The highest BCUT2D eigenvalue weighted by molar-refractivity contribution is 5.94. The summed E-state index contributed by atoms with van der Waals surface area (Å²) in [5.74, 6) is 0.467. The fourth-order valence-electron chi connectivity index (χ4n) is 3.14. The fourth-order valence-corrected chi connectivity index (χ4v) is 3.14. The Morgan fingerprint density at radius 1 is 1.42 bits per heavy atom. The number of hydrogen-bond acceptors (Lipinski definition) is 6. The van der Waals surface area contributed by atoms with E-state index < -0.39 is 5.60 Å². The lowest BCUT2D eigenvalue weighted by Gasteiger charge is -2.28. The molecule has 2 aromatic rings. The third kappa shape index (κ3) is 3.23. The Balaban J connectivity index is 1.67. The number of nitrogens with zero attached hydrogens (tertiary/aromatic N) is 6. The second-order valence-electron chi connectivity index (χ2n) is 6.41. The molecule has 3 rings (SSSR count). The Kier molecular flexibility index (Phi) is 4.23. The van der Waals surface area contributed by atoms with Crippen LogP contribution in [0.5, 0.6) is 0 Å². The summed E-state index contributed by atoms with van der Waals surface area (Å²) >= 11 is 0. The molecule has 3 heterocycles. The number of carbonyl (C=O) groups excluding carboxylic acids is 1. The van der Waals surface area contributed by atoms with Gasteiger partial charge in [-0.3, -0.25) is 9.48 Å². The van der Waals surface area contributed by atoms with Crippen LogP contribution in [0.4, 0.5) is 5.95 Å². The number of carbonyl (C=O) groups is 1. The third-order valence-electron chi connectivity index (χ3n) is 4.29. The van der Waals surface area contributed by atoms with E-state index >= 15 is 0 Å². The van der Waals surface area contributed by atoms with E-state index in [1.54, 1.807) is 55.3 Å². The van der Waals surface area contributed by atoms with E-state index in [2.05, 4.69) is 15.1 Å². The van der Waals surface area contributed by atoms with Gasteiger partial charge in [0.05, 0.1) is 24.3 Å². The van der Waals surface area contributed by atoms with Gasteiger partial charge >= 0.3 is 0 Å². The van der Waals surface area contributed by atoms with Gasteiger partial charge < -0.3 is 14.9 Å². The predicted molar refractivity (Wildman–Crippen MR) is 88.7 cm³/mol. The van der Waals surface area contributed by atoms with Crippen molar-refractivity contribution in [3.63, 3.8) is 0 Å². The number of aryl methyl sites for hydroxylation is 2. The molecule has 0 aliphatic carbocycles. The first-order chi connectivity index (χ1) is 11.4. The number of hydrogen-bond donors (Lipinski definition) is 1. The largest absolute Gasteiger partial charge is 0.386 e. The SMILES string of the molecule is Cc1nn(C)cc1C(=O)N(C)C[C@]1(O)CCN(c2ncccn2)C1. The average molecular weight is 330 g/mol. The van der Waals surface area contributed by atoms with Gasteiger partial charge in [-0.05, 0) is 19.4 Å². The van der Waals surface area contributed by atoms with Crippen LogP contribution in [0.2, 0.25) is 0 Å². The lowest BCUT2D eigenvalue weighted by Crippen LogP contribution is -2.46. The van der Waals surface area contributed by atoms with Crippen LogP contribution in [0.3, 0.4) is 0 Å². The summed E-state index contributed by atoms with van der Waals surface area (Å²) in [5, 5.41) is 15.0. The van der Waals surface area contributed by atoms with E-state index in [0.717, 1.165) is 0 Å². The first-order valence-corrected chi connectivity index (χ1v) is 7.88. The molecule has 0 radical (unpaired) electrons. The molecule has 0 aromatic carbocycles. The number of anilines is 1. The van der Waals surface area contributed by atoms with Gasteiger partial charge in [0.15, 0.2) is 0 Å². The van der Waals surface area contributed by atoms with Crippen molar-refractivity contribution in [3.05, 3.63) is 35.9 Å². The lowest BCUT2D eigenvalue weighted by molar-refractivity contribution is 0.0263. The van der Waals surface area contributed by atoms with Gasteiger partial charge in [0.25, 0.3) is 5.91 Å². The zero-order chi connectivity index (χ0) is 17.3. The minimum absolute atomic E-state index is 0.136. The van der Waals surface area contributed by atoms with Crippen molar-refractivity contribution in [2.75, 3.05) is 31.6 Å². The molecular formula is C16H22N6O2. The number of amides is 1. The first kappa shape index (κ1) is 16.4. The number of aliphatic hydroxyl groups is 1. The van der Waals surface area contributed by atoms with Crippen molar-refractivity contribution >= 4 is 11.9 Å². The molecule has 0 saturated carbocycles. The monoisotopic (exact) mass is 330 g/mol. The van der Waals surface area contributed by atoms with Crippen molar-refractivity contribution in [1.82, 2.24) is 24.6 Å². The van der Waals surface area contributed by atoms with Crippen LogP contribution in [-0.2, 0) is 7.05 Å². The summed E-state index contributed by atoms with van der Waals surface area (Å²) in [6.45, 7) is 3.12.